The van der Waals surface area contributed by atoms with E-state index in [1.165, 1.54) is 103 Å². The van der Waals surface area contributed by atoms with E-state index in [0.717, 1.165) is 89.9 Å². The average Bonchev–Trinajstić information content (AvgIpc) is 3.22. The molecule has 0 bridgehead atoms. The molecular weight excluding hydrogens is 721 g/mol. The summed E-state index contributed by atoms with van der Waals surface area (Å²) in [5.74, 6) is -0.921. The van der Waals surface area contributed by atoms with Crippen LogP contribution >= 0.6 is 0 Å². The van der Waals surface area contributed by atoms with Crippen molar-refractivity contribution in [3.05, 3.63) is 60.8 Å². The summed E-state index contributed by atoms with van der Waals surface area (Å²) in [4.78, 5) is 37.8. The van der Waals surface area contributed by atoms with Crippen LogP contribution in [0.1, 0.15) is 233 Å². The van der Waals surface area contributed by atoms with Gasteiger partial charge in [0.1, 0.15) is 13.2 Å². The lowest BCUT2D eigenvalue weighted by Gasteiger charge is -2.18. The van der Waals surface area contributed by atoms with Crippen LogP contribution in [0.5, 0.6) is 0 Å². The largest absolute Gasteiger partial charge is 0.462 e. The Balaban J connectivity index is 4.32. The molecule has 1 atom stereocenters. The second kappa shape index (κ2) is 46.8. The summed E-state index contributed by atoms with van der Waals surface area (Å²) in [6, 6.07) is 0. The quantitative estimate of drug-likeness (QED) is 0.0201. The smallest absolute Gasteiger partial charge is 0.306 e. The van der Waals surface area contributed by atoms with Gasteiger partial charge in [-0.1, -0.05) is 204 Å². The Labute approximate surface area is 358 Å². The van der Waals surface area contributed by atoms with E-state index < -0.39 is 6.10 Å². The fourth-order valence-corrected chi connectivity index (χ4v) is 6.61. The summed E-state index contributed by atoms with van der Waals surface area (Å²) in [5.41, 5.74) is 0. The monoisotopic (exact) mass is 811 g/mol. The third-order valence-corrected chi connectivity index (χ3v) is 10.3. The van der Waals surface area contributed by atoms with E-state index in [-0.39, 0.29) is 31.1 Å². The predicted molar refractivity (Wildman–Crippen MR) is 247 cm³/mol. The van der Waals surface area contributed by atoms with E-state index in [4.69, 9.17) is 14.2 Å². The van der Waals surface area contributed by atoms with Gasteiger partial charge < -0.3 is 14.2 Å². The van der Waals surface area contributed by atoms with Crippen molar-refractivity contribution in [2.45, 2.75) is 239 Å². The van der Waals surface area contributed by atoms with Gasteiger partial charge in [-0.3, -0.25) is 14.4 Å². The number of ether oxygens (including phenoxy) is 3. The van der Waals surface area contributed by atoms with Crippen molar-refractivity contribution in [2.24, 2.45) is 0 Å². The van der Waals surface area contributed by atoms with Crippen molar-refractivity contribution in [1.29, 1.82) is 0 Å². The second-order valence-electron chi connectivity index (χ2n) is 16.0. The molecular formula is C52H90O6. The van der Waals surface area contributed by atoms with Gasteiger partial charge in [0.05, 0.1) is 0 Å². The molecule has 6 nitrogen and oxygen atoms in total. The van der Waals surface area contributed by atoms with Gasteiger partial charge in [-0.2, -0.15) is 0 Å². The number of unbranched alkanes of at least 4 members (excludes halogenated alkanes) is 23. The molecule has 0 aliphatic rings. The van der Waals surface area contributed by atoms with Gasteiger partial charge in [-0.05, 0) is 70.6 Å². The topological polar surface area (TPSA) is 78.9 Å². The highest BCUT2D eigenvalue weighted by atomic mass is 16.6. The predicted octanol–water partition coefficient (Wildman–Crippen LogP) is 15.7. The lowest BCUT2D eigenvalue weighted by atomic mass is 10.1. The number of rotatable bonds is 43. The summed E-state index contributed by atoms with van der Waals surface area (Å²) >= 11 is 0. The van der Waals surface area contributed by atoms with Crippen molar-refractivity contribution < 1.29 is 28.6 Å². The van der Waals surface area contributed by atoms with Crippen LogP contribution in [0, 0.1) is 0 Å². The van der Waals surface area contributed by atoms with E-state index in [9.17, 15) is 14.4 Å². The average molecular weight is 811 g/mol. The third kappa shape index (κ3) is 44.2. The van der Waals surface area contributed by atoms with Gasteiger partial charge in [-0.15, -0.1) is 0 Å². The highest BCUT2D eigenvalue weighted by Crippen LogP contribution is 2.14. The number of carbonyl (C=O) groups is 3. The highest BCUT2D eigenvalue weighted by Gasteiger charge is 2.19. The molecule has 0 fully saturated rings. The van der Waals surface area contributed by atoms with E-state index in [1.807, 2.05) is 0 Å². The van der Waals surface area contributed by atoms with Gasteiger partial charge >= 0.3 is 17.9 Å². The number of esters is 3. The molecule has 0 amide bonds. The first-order chi connectivity index (χ1) is 28.5. The van der Waals surface area contributed by atoms with E-state index in [0.29, 0.717) is 19.3 Å². The maximum atomic E-state index is 12.7. The molecule has 58 heavy (non-hydrogen) atoms. The molecule has 0 radical (unpaired) electrons. The van der Waals surface area contributed by atoms with Gasteiger partial charge in [0.15, 0.2) is 6.10 Å². The van der Waals surface area contributed by atoms with Crippen LogP contribution in [0.25, 0.3) is 0 Å². The van der Waals surface area contributed by atoms with Crippen LogP contribution in [0.3, 0.4) is 0 Å². The Hall–Kier alpha value is -2.89. The number of hydrogen-bond acceptors (Lipinski definition) is 6. The Morgan fingerprint density at radius 3 is 1.22 bits per heavy atom. The molecule has 6 heteroatoms. The molecule has 0 aromatic rings. The third-order valence-electron chi connectivity index (χ3n) is 10.3. The minimum absolute atomic E-state index is 0.0854. The normalized spacial score (nSPS) is 12.5. The Morgan fingerprint density at radius 2 is 0.741 bits per heavy atom. The fourth-order valence-electron chi connectivity index (χ4n) is 6.61. The highest BCUT2D eigenvalue weighted by molar-refractivity contribution is 5.71. The molecule has 0 aromatic carbocycles. The molecule has 1 unspecified atom stereocenters. The lowest BCUT2D eigenvalue weighted by molar-refractivity contribution is -0.167. The zero-order valence-corrected chi connectivity index (χ0v) is 38.0. The van der Waals surface area contributed by atoms with Crippen molar-refractivity contribution in [1.82, 2.24) is 0 Å². The number of allylic oxidation sites excluding steroid dienone is 10. The first-order valence-corrected chi connectivity index (χ1v) is 24.3. The van der Waals surface area contributed by atoms with Crippen molar-refractivity contribution >= 4 is 17.9 Å². The Kier molecular flexibility index (Phi) is 44.5. The summed E-state index contributed by atoms with van der Waals surface area (Å²) in [6.07, 6.45) is 56.4. The van der Waals surface area contributed by atoms with Crippen molar-refractivity contribution in [2.75, 3.05) is 13.2 Å². The van der Waals surface area contributed by atoms with Crippen molar-refractivity contribution in [3.8, 4) is 0 Å². The lowest BCUT2D eigenvalue weighted by Crippen LogP contribution is -2.30. The van der Waals surface area contributed by atoms with Gasteiger partial charge in [0.2, 0.25) is 0 Å². The molecule has 0 aliphatic carbocycles. The van der Waals surface area contributed by atoms with Gasteiger partial charge in [0, 0.05) is 19.3 Å². The molecule has 0 N–H and O–H groups in total. The molecule has 0 spiro atoms. The van der Waals surface area contributed by atoms with Gasteiger partial charge in [0.25, 0.3) is 0 Å². The fraction of sp³-hybridized carbons (Fsp3) is 0.750. The van der Waals surface area contributed by atoms with Gasteiger partial charge in [-0.25, -0.2) is 0 Å². The summed E-state index contributed by atoms with van der Waals surface area (Å²) < 4.78 is 16.7. The number of carbonyl (C=O) groups excluding carboxylic acids is 3. The Bertz CT molecular complexity index is 1070. The van der Waals surface area contributed by atoms with Crippen LogP contribution < -0.4 is 0 Å². The molecule has 0 rings (SSSR count). The van der Waals surface area contributed by atoms with Crippen molar-refractivity contribution in [3.63, 3.8) is 0 Å². The first-order valence-electron chi connectivity index (χ1n) is 24.3. The van der Waals surface area contributed by atoms with Crippen LogP contribution in [0.15, 0.2) is 60.8 Å². The van der Waals surface area contributed by atoms with E-state index >= 15 is 0 Å². The first kappa shape index (κ1) is 55.1. The van der Waals surface area contributed by atoms with E-state index in [1.54, 1.807) is 0 Å². The molecule has 334 valence electrons. The standard InChI is InChI=1S/C52H90O6/c1-4-7-10-13-16-19-22-23-24-25-26-27-28-29-31-33-36-39-42-45-51(54)57-48-49(47-56-50(53)44-41-38-35-32-21-18-15-12-9-6-3)58-52(55)46-43-40-37-34-30-20-17-14-11-8-5-2/h7,10,14,16-17,19-20,23-24,30,49H,4-6,8-9,11-13,15,18,21-22,25-29,31-48H2,1-3H3/b10-7-,17-14-,19-16-,24-23-,30-20-. The molecule has 0 saturated heterocycles. The minimum atomic E-state index is -0.785. The van der Waals surface area contributed by atoms with E-state index in [2.05, 4.69) is 81.5 Å². The van der Waals surface area contributed by atoms with Crippen LogP contribution in [0.4, 0.5) is 0 Å². The van der Waals surface area contributed by atoms with Crippen LogP contribution in [-0.2, 0) is 28.6 Å². The van der Waals surface area contributed by atoms with Crippen LogP contribution in [-0.4, -0.2) is 37.2 Å². The molecule has 0 aliphatic heterocycles. The van der Waals surface area contributed by atoms with Crippen LogP contribution in [0.2, 0.25) is 0 Å². The zero-order valence-electron chi connectivity index (χ0n) is 38.0. The minimum Gasteiger partial charge on any atom is -0.462 e. The Morgan fingerprint density at radius 1 is 0.379 bits per heavy atom. The summed E-state index contributed by atoms with van der Waals surface area (Å²) in [7, 11) is 0. The second-order valence-corrected chi connectivity index (χ2v) is 16.0. The molecule has 0 heterocycles. The zero-order chi connectivity index (χ0) is 42.3. The summed E-state index contributed by atoms with van der Waals surface area (Å²) in [6.45, 7) is 6.43. The maximum absolute atomic E-state index is 12.7. The SMILES string of the molecule is CC/C=C\C/C=C\C/C=C\CCCCCCCCCCCC(=O)OCC(COC(=O)CCCCCCCCCCCC)OC(=O)CCCCC/C=C\C=C/CCCC. The maximum Gasteiger partial charge on any atom is 0.306 e. The molecule has 0 saturated carbocycles. The number of hydrogen-bond donors (Lipinski definition) is 0. The molecule has 0 aromatic heterocycles. The summed E-state index contributed by atoms with van der Waals surface area (Å²) in [5, 5.41) is 0.